The highest BCUT2D eigenvalue weighted by molar-refractivity contribution is 6.01. The quantitative estimate of drug-likeness (QED) is 0.292. The second-order valence-corrected chi connectivity index (χ2v) is 12.4. The SMILES string of the molecule is CCc1c(F)ccc2cc(O)cc(-c3ncc4c(N5CCCC6(C5)OCCO6)nc(OC)nc4c3F)c12.F[C@@H]1CC2CCCN2C1. The van der Waals surface area contributed by atoms with Gasteiger partial charge in [-0.05, 0) is 73.2 Å². The molecule has 1 spiro atoms. The molecule has 4 saturated heterocycles. The van der Waals surface area contributed by atoms with Crippen molar-refractivity contribution in [3.8, 4) is 23.0 Å². The molecule has 0 saturated carbocycles. The van der Waals surface area contributed by atoms with Gasteiger partial charge in [0.05, 0.1) is 32.3 Å². The lowest BCUT2D eigenvalue weighted by Crippen LogP contribution is -2.49. The largest absolute Gasteiger partial charge is 0.508 e. The number of pyridine rings is 1. The highest BCUT2D eigenvalue weighted by Gasteiger charge is 2.42. The van der Waals surface area contributed by atoms with Crippen molar-refractivity contribution in [3.05, 3.63) is 47.7 Å². The standard InChI is InChI=1S/C27H26F2N4O4.C7H12FN/c1-3-17-20(28)6-5-15-11-16(34)12-18(21(15)17)23-22(29)24-19(13-30-23)25(32-26(31-24)35-2)33-8-4-7-27(14-33)36-9-10-37-27;8-6-4-7-2-1-3-9(7)5-6/h5-6,11-13,34H,3-4,7-10,14H2,1-2H3;6-7H,1-5H2/t;6-,7?/m.1/s1. The Morgan fingerprint density at radius 3 is 2.70 bits per heavy atom. The number of alkyl halides is 1. The number of aromatic hydroxyl groups is 1. The number of methoxy groups -OCH3 is 1. The van der Waals surface area contributed by atoms with Crippen LogP contribution in [0.5, 0.6) is 11.8 Å². The van der Waals surface area contributed by atoms with E-state index in [0.717, 1.165) is 25.8 Å². The zero-order valence-corrected chi connectivity index (χ0v) is 26.1. The average Bonchev–Trinajstić information content (AvgIpc) is 3.78. The summed E-state index contributed by atoms with van der Waals surface area (Å²) in [6.07, 6.45) is 6.29. The number of ether oxygens (including phenoxy) is 3. The number of anilines is 1. The molecule has 2 aromatic heterocycles. The van der Waals surface area contributed by atoms with E-state index < -0.39 is 23.6 Å². The number of aryl methyl sites for hydroxylation is 1. The van der Waals surface area contributed by atoms with Crippen LogP contribution in [0.4, 0.5) is 19.0 Å². The molecule has 1 unspecified atom stereocenters. The lowest BCUT2D eigenvalue weighted by atomic mass is 9.94. The third-order valence-corrected chi connectivity index (χ3v) is 9.58. The Balaban J connectivity index is 0.000000321. The molecule has 4 fully saturated rings. The molecule has 9 nitrogen and oxygen atoms in total. The minimum absolute atomic E-state index is 0.00694. The van der Waals surface area contributed by atoms with E-state index >= 15 is 4.39 Å². The van der Waals surface area contributed by atoms with Crippen LogP contribution in [0, 0.1) is 11.6 Å². The van der Waals surface area contributed by atoms with Gasteiger partial charge >= 0.3 is 6.01 Å². The second-order valence-electron chi connectivity index (χ2n) is 12.4. The molecule has 4 aliphatic rings. The summed E-state index contributed by atoms with van der Waals surface area (Å²) in [6, 6.07) is 6.46. The first-order valence-corrected chi connectivity index (χ1v) is 16.0. The Hall–Kier alpha value is -3.74. The molecule has 0 amide bonds. The van der Waals surface area contributed by atoms with E-state index in [9.17, 15) is 13.9 Å². The lowest BCUT2D eigenvalue weighted by molar-refractivity contribution is -0.161. The highest BCUT2D eigenvalue weighted by Crippen LogP contribution is 2.40. The molecule has 244 valence electrons. The Bertz CT molecular complexity index is 1760. The van der Waals surface area contributed by atoms with E-state index in [1.54, 1.807) is 6.07 Å². The van der Waals surface area contributed by atoms with E-state index in [1.165, 1.54) is 44.3 Å². The van der Waals surface area contributed by atoms with Crippen LogP contribution in [0.1, 0.15) is 44.6 Å². The molecule has 6 heterocycles. The number of nitrogens with zero attached hydrogens (tertiary/aromatic N) is 5. The predicted molar refractivity (Wildman–Crippen MR) is 168 cm³/mol. The Morgan fingerprint density at radius 2 is 1.93 bits per heavy atom. The minimum Gasteiger partial charge on any atom is -0.508 e. The van der Waals surface area contributed by atoms with Crippen molar-refractivity contribution < 1.29 is 32.5 Å². The van der Waals surface area contributed by atoms with Crippen LogP contribution in [-0.4, -0.2) is 89.5 Å². The van der Waals surface area contributed by atoms with Gasteiger partial charge in [-0.3, -0.25) is 9.88 Å². The molecular formula is C34H38F3N5O4. The summed E-state index contributed by atoms with van der Waals surface area (Å²) in [5.41, 5.74) is 0.683. The third-order valence-electron chi connectivity index (χ3n) is 9.58. The summed E-state index contributed by atoms with van der Waals surface area (Å²) in [4.78, 5) is 17.6. The maximum absolute atomic E-state index is 16.3. The van der Waals surface area contributed by atoms with E-state index in [2.05, 4.69) is 19.9 Å². The Kier molecular flexibility index (Phi) is 8.37. The van der Waals surface area contributed by atoms with E-state index in [0.29, 0.717) is 72.9 Å². The van der Waals surface area contributed by atoms with Crippen molar-refractivity contribution in [3.63, 3.8) is 0 Å². The summed E-state index contributed by atoms with van der Waals surface area (Å²) < 4.78 is 60.7. The van der Waals surface area contributed by atoms with Crippen molar-refractivity contribution >= 4 is 27.5 Å². The first kappa shape index (κ1) is 30.9. The van der Waals surface area contributed by atoms with Crippen LogP contribution >= 0.6 is 0 Å². The molecule has 1 N–H and O–H groups in total. The van der Waals surface area contributed by atoms with Gasteiger partial charge in [-0.1, -0.05) is 13.0 Å². The normalized spacial score (nSPS) is 22.4. The number of benzene rings is 2. The summed E-state index contributed by atoms with van der Waals surface area (Å²) >= 11 is 0. The molecule has 0 radical (unpaired) electrons. The van der Waals surface area contributed by atoms with Crippen LogP contribution in [0.25, 0.3) is 32.9 Å². The van der Waals surface area contributed by atoms with Gasteiger partial charge in [0.2, 0.25) is 0 Å². The van der Waals surface area contributed by atoms with Gasteiger partial charge < -0.3 is 24.2 Å². The van der Waals surface area contributed by atoms with Gasteiger partial charge in [-0.2, -0.15) is 9.97 Å². The second kappa shape index (κ2) is 12.5. The summed E-state index contributed by atoms with van der Waals surface area (Å²) in [6.45, 7) is 5.84. The molecule has 0 bridgehead atoms. The number of phenolic OH excluding ortho intramolecular Hbond substituents is 1. The number of aromatic nitrogens is 3. The minimum atomic E-state index is -0.713. The van der Waals surface area contributed by atoms with Crippen LogP contribution < -0.4 is 9.64 Å². The zero-order valence-electron chi connectivity index (χ0n) is 26.1. The molecular weight excluding hydrogens is 599 g/mol. The summed E-state index contributed by atoms with van der Waals surface area (Å²) in [5, 5.41) is 11.9. The fourth-order valence-corrected chi connectivity index (χ4v) is 7.50. The van der Waals surface area contributed by atoms with Crippen molar-refractivity contribution in [1.82, 2.24) is 19.9 Å². The van der Waals surface area contributed by atoms with Crippen LogP contribution in [0.3, 0.4) is 0 Å². The monoisotopic (exact) mass is 637 g/mol. The fourth-order valence-electron chi connectivity index (χ4n) is 7.50. The molecule has 8 rings (SSSR count). The number of phenols is 1. The van der Waals surface area contributed by atoms with Gasteiger partial charge in [0.15, 0.2) is 11.6 Å². The Labute approximate surface area is 265 Å². The van der Waals surface area contributed by atoms with Crippen molar-refractivity contribution in [2.24, 2.45) is 0 Å². The Morgan fingerprint density at radius 1 is 1.11 bits per heavy atom. The fraction of sp³-hybridized carbons (Fsp3) is 0.500. The topological polar surface area (TPSA) is 93.1 Å². The number of rotatable bonds is 4. The number of halogens is 3. The molecule has 4 aromatic rings. The molecule has 0 aliphatic carbocycles. The first-order valence-electron chi connectivity index (χ1n) is 16.0. The van der Waals surface area contributed by atoms with Gasteiger partial charge in [0.1, 0.15) is 34.8 Å². The summed E-state index contributed by atoms with van der Waals surface area (Å²) in [5.74, 6) is -1.43. The van der Waals surface area contributed by atoms with Crippen molar-refractivity contribution in [2.75, 3.05) is 51.4 Å². The zero-order chi connectivity index (χ0) is 32.0. The number of hydrogen-bond acceptors (Lipinski definition) is 9. The van der Waals surface area contributed by atoms with Gasteiger partial charge in [0, 0.05) is 37.3 Å². The van der Waals surface area contributed by atoms with Gasteiger partial charge in [-0.15, -0.1) is 0 Å². The van der Waals surface area contributed by atoms with Crippen molar-refractivity contribution in [1.29, 1.82) is 0 Å². The maximum atomic E-state index is 16.3. The maximum Gasteiger partial charge on any atom is 0.318 e. The van der Waals surface area contributed by atoms with Gasteiger partial charge in [0.25, 0.3) is 0 Å². The first-order chi connectivity index (χ1) is 22.3. The molecule has 4 aliphatic heterocycles. The predicted octanol–water partition coefficient (Wildman–Crippen LogP) is 5.94. The van der Waals surface area contributed by atoms with E-state index in [-0.39, 0.29) is 28.5 Å². The lowest BCUT2D eigenvalue weighted by Gasteiger charge is -2.39. The highest BCUT2D eigenvalue weighted by atomic mass is 19.1. The number of piperidine rings is 1. The third kappa shape index (κ3) is 5.60. The van der Waals surface area contributed by atoms with Crippen molar-refractivity contribution in [2.45, 2.75) is 63.4 Å². The van der Waals surface area contributed by atoms with E-state index in [4.69, 9.17) is 14.2 Å². The molecule has 12 heteroatoms. The summed E-state index contributed by atoms with van der Waals surface area (Å²) in [7, 11) is 1.42. The molecule has 2 aromatic carbocycles. The van der Waals surface area contributed by atoms with Gasteiger partial charge in [-0.25, -0.2) is 13.2 Å². The molecule has 2 atom stereocenters. The number of hydrogen-bond donors (Lipinski definition) is 1. The smallest absolute Gasteiger partial charge is 0.318 e. The number of fused-ring (bicyclic) bond motifs is 3. The average molecular weight is 638 g/mol. The van der Waals surface area contributed by atoms with Crippen LogP contribution in [-0.2, 0) is 15.9 Å². The van der Waals surface area contributed by atoms with Crippen LogP contribution in [0.2, 0.25) is 0 Å². The molecule has 46 heavy (non-hydrogen) atoms. The van der Waals surface area contributed by atoms with E-state index in [1.807, 2.05) is 11.8 Å². The van der Waals surface area contributed by atoms with Crippen LogP contribution in [0.15, 0.2) is 30.5 Å².